The molecule has 1 fully saturated rings. The smallest absolute Gasteiger partial charge is 0.326 e. The number of nitrogens with zero attached hydrogens (tertiary/aromatic N) is 2. The van der Waals surface area contributed by atoms with Crippen LogP contribution in [0, 0.1) is 5.41 Å². The number of nitrogens with one attached hydrogen (secondary N) is 1. The first-order chi connectivity index (χ1) is 8.43. The van der Waals surface area contributed by atoms with Gasteiger partial charge in [0.1, 0.15) is 6.04 Å². The van der Waals surface area contributed by atoms with Gasteiger partial charge in [-0.2, -0.15) is 5.10 Å². The summed E-state index contributed by atoms with van der Waals surface area (Å²) in [6, 6.07) is -0.784. The lowest BCUT2D eigenvalue weighted by molar-refractivity contribution is -0.148. The van der Waals surface area contributed by atoms with Crippen molar-refractivity contribution < 1.29 is 14.7 Å². The lowest BCUT2D eigenvalue weighted by atomic mass is 9.76. The van der Waals surface area contributed by atoms with Gasteiger partial charge in [0.05, 0.1) is 11.8 Å². The molecule has 2 rings (SSSR count). The molecule has 6 heteroatoms. The number of likely N-dealkylation sites (tertiary alicyclic amines) is 1. The van der Waals surface area contributed by atoms with Gasteiger partial charge in [0.2, 0.25) is 0 Å². The highest BCUT2D eigenvalue weighted by atomic mass is 16.4. The number of carbonyl (C=O) groups excluding carboxylic acids is 1. The third-order valence-electron chi connectivity index (χ3n) is 3.51. The van der Waals surface area contributed by atoms with E-state index < -0.39 is 17.4 Å². The largest absolute Gasteiger partial charge is 0.480 e. The lowest BCUT2D eigenvalue weighted by Gasteiger charge is -2.43. The Labute approximate surface area is 105 Å². The van der Waals surface area contributed by atoms with Gasteiger partial charge in [0, 0.05) is 12.7 Å². The maximum atomic E-state index is 12.3. The minimum absolute atomic E-state index is 0.274. The van der Waals surface area contributed by atoms with Crippen molar-refractivity contribution in [1.29, 1.82) is 0 Å². The van der Waals surface area contributed by atoms with E-state index in [0.717, 1.165) is 12.8 Å². The molecule has 18 heavy (non-hydrogen) atoms. The number of carboxylic acid groups (broad SMARTS) is 1. The van der Waals surface area contributed by atoms with Crippen LogP contribution >= 0.6 is 0 Å². The molecule has 0 aromatic carbocycles. The number of hydrogen-bond donors (Lipinski definition) is 2. The van der Waals surface area contributed by atoms with Crippen LogP contribution in [0.2, 0.25) is 0 Å². The monoisotopic (exact) mass is 251 g/mol. The van der Waals surface area contributed by atoms with Crippen LogP contribution < -0.4 is 0 Å². The molecule has 0 radical (unpaired) electrons. The average molecular weight is 251 g/mol. The van der Waals surface area contributed by atoms with Crippen molar-refractivity contribution in [3.05, 3.63) is 18.0 Å². The summed E-state index contributed by atoms with van der Waals surface area (Å²) in [6.07, 6.45) is 4.53. The van der Waals surface area contributed by atoms with Crippen LogP contribution in [0.25, 0.3) is 0 Å². The van der Waals surface area contributed by atoms with Gasteiger partial charge in [0.15, 0.2) is 0 Å². The molecule has 0 saturated carbocycles. The van der Waals surface area contributed by atoms with Gasteiger partial charge in [-0.1, -0.05) is 13.8 Å². The molecule has 2 N–H and O–H groups in total. The number of carbonyl (C=O) groups is 2. The number of H-pyrrole nitrogens is 1. The summed E-state index contributed by atoms with van der Waals surface area (Å²) in [5.41, 5.74) is -0.0114. The number of carboxylic acids is 1. The van der Waals surface area contributed by atoms with Crippen molar-refractivity contribution in [3.63, 3.8) is 0 Å². The summed E-state index contributed by atoms with van der Waals surface area (Å²) in [5.74, 6) is -1.22. The van der Waals surface area contributed by atoms with Gasteiger partial charge in [-0.25, -0.2) is 4.79 Å². The first kappa shape index (κ1) is 12.6. The van der Waals surface area contributed by atoms with Gasteiger partial charge >= 0.3 is 5.97 Å². The summed E-state index contributed by atoms with van der Waals surface area (Å²) in [7, 11) is 0. The Hall–Kier alpha value is -1.85. The minimum atomic E-state index is -0.948. The van der Waals surface area contributed by atoms with E-state index in [-0.39, 0.29) is 5.91 Å². The van der Waals surface area contributed by atoms with E-state index in [0.29, 0.717) is 12.1 Å². The van der Waals surface area contributed by atoms with Crippen LogP contribution in [0.4, 0.5) is 0 Å². The van der Waals surface area contributed by atoms with E-state index in [9.17, 15) is 14.7 Å². The van der Waals surface area contributed by atoms with Gasteiger partial charge in [-0.15, -0.1) is 0 Å². The second-order valence-corrected chi connectivity index (χ2v) is 5.32. The van der Waals surface area contributed by atoms with Gasteiger partial charge in [0.25, 0.3) is 5.91 Å². The summed E-state index contributed by atoms with van der Waals surface area (Å²) >= 11 is 0. The fourth-order valence-corrected chi connectivity index (χ4v) is 2.61. The Morgan fingerprint density at radius 2 is 2.28 bits per heavy atom. The molecule has 1 unspecified atom stereocenters. The van der Waals surface area contributed by atoms with Crippen molar-refractivity contribution in [2.45, 2.75) is 32.7 Å². The number of amides is 1. The summed E-state index contributed by atoms with van der Waals surface area (Å²) in [5, 5.41) is 15.7. The maximum absolute atomic E-state index is 12.3. The van der Waals surface area contributed by atoms with E-state index in [4.69, 9.17) is 0 Å². The number of rotatable bonds is 2. The lowest BCUT2D eigenvalue weighted by Crippen LogP contribution is -2.56. The summed E-state index contributed by atoms with van der Waals surface area (Å²) in [4.78, 5) is 25.1. The molecule has 1 aromatic heterocycles. The molecule has 1 aromatic rings. The Bertz CT molecular complexity index is 453. The molecule has 0 aliphatic carbocycles. The molecule has 1 atom stereocenters. The molecular weight excluding hydrogens is 234 g/mol. The number of aromatic nitrogens is 2. The molecule has 1 aliphatic heterocycles. The number of piperidine rings is 1. The Balaban J connectivity index is 2.30. The quantitative estimate of drug-likeness (QED) is 0.824. The second-order valence-electron chi connectivity index (χ2n) is 5.32. The molecule has 0 spiro atoms. The topological polar surface area (TPSA) is 86.3 Å². The first-order valence-corrected chi connectivity index (χ1v) is 5.96. The van der Waals surface area contributed by atoms with Crippen LogP contribution in [0.15, 0.2) is 12.4 Å². The number of aliphatic carboxylic acids is 1. The molecule has 6 nitrogen and oxygen atoms in total. The summed E-state index contributed by atoms with van der Waals surface area (Å²) < 4.78 is 0. The molecular formula is C12H17N3O3. The molecule has 2 heterocycles. The zero-order chi connectivity index (χ0) is 13.3. The van der Waals surface area contributed by atoms with E-state index in [1.807, 2.05) is 13.8 Å². The minimum Gasteiger partial charge on any atom is -0.480 e. The highest BCUT2D eigenvalue weighted by Gasteiger charge is 2.44. The van der Waals surface area contributed by atoms with Crippen molar-refractivity contribution >= 4 is 11.9 Å². The Morgan fingerprint density at radius 3 is 2.83 bits per heavy atom. The standard InChI is InChI=1S/C12H17N3O3/c1-12(2)4-3-5-15(9(12)11(17)18)10(16)8-6-13-14-7-8/h6-7,9H,3-5H2,1-2H3,(H,13,14)(H,17,18). The van der Waals surface area contributed by atoms with Crippen molar-refractivity contribution in [2.24, 2.45) is 5.41 Å². The summed E-state index contributed by atoms with van der Waals surface area (Å²) in [6.45, 7) is 4.26. The van der Waals surface area contributed by atoms with Gasteiger partial charge in [-0.05, 0) is 18.3 Å². The van der Waals surface area contributed by atoms with Gasteiger partial charge < -0.3 is 10.0 Å². The van der Waals surface area contributed by atoms with Gasteiger partial charge in [-0.3, -0.25) is 9.89 Å². The Kier molecular flexibility index (Phi) is 3.11. The highest BCUT2D eigenvalue weighted by Crippen LogP contribution is 2.35. The predicted molar refractivity (Wildman–Crippen MR) is 64.1 cm³/mol. The van der Waals surface area contributed by atoms with Crippen molar-refractivity contribution in [1.82, 2.24) is 15.1 Å². The van der Waals surface area contributed by atoms with Crippen LogP contribution in [0.5, 0.6) is 0 Å². The van der Waals surface area contributed by atoms with Crippen LogP contribution in [0.1, 0.15) is 37.0 Å². The zero-order valence-corrected chi connectivity index (χ0v) is 10.5. The third kappa shape index (κ3) is 2.10. The van der Waals surface area contributed by atoms with E-state index >= 15 is 0 Å². The van der Waals surface area contributed by atoms with Crippen LogP contribution in [-0.4, -0.2) is 44.7 Å². The SMILES string of the molecule is CC1(C)CCCN(C(=O)c2cn[nH]c2)C1C(=O)O. The maximum Gasteiger partial charge on any atom is 0.326 e. The third-order valence-corrected chi connectivity index (χ3v) is 3.51. The zero-order valence-electron chi connectivity index (χ0n) is 10.5. The molecule has 98 valence electrons. The molecule has 1 aliphatic rings. The fourth-order valence-electron chi connectivity index (χ4n) is 2.61. The fraction of sp³-hybridized carbons (Fsp3) is 0.583. The molecule has 0 bridgehead atoms. The van der Waals surface area contributed by atoms with E-state index in [1.54, 1.807) is 0 Å². The van der Waals surface area contributed by atoms with E-state index in [2.05, 4.69) is 10.2 Å². The molecule has 1 saturated heterocycles. The van der Waals surface area contributed by atoms with Crippen molar-refractivity contribution in [3.8, 4) is 0 Å². The Morgan fingerprint density at radius 1 is 1.56 bits per heavy atom. The number of aromatic amines is 1. The molecule has 1 amide bonds. The normalized spacial score (nSPS) is 22.8. The van der Waals surface area contributed by atoms with E-state index in [1.165, 1.54) is 17.3 Å². The highest BCUT2D eigenvalue weighted by molar-refractivity contribution is 5.96. The van der Waals surface area contributed by atoms with Crippen LogP contribution in [0.3, 0.4) is 0 Å². The number of hydrogen-bond acceptors (Lipinski definition) is 3. The average Bonchev–Trinajstić information content (AvgIpc) is 2.79. The second kappa shape index (κ2) is 4.44. The predicted octanol–water partition coefficient (Wildman–Crippen LogP) is 1.13. The van der Waals surface area contributed by atoms with Crippen LogP contribution in [-0.2, 0) is 4.79 Å². The van der Waals surface area contributed by atoms with Crippen molar-refractivity contribution in [2.75, 3.05) is 6.54 Å². The first-order valence-electron chi connectivity index (χ1n) is 5.96.